The zero-order valence-corrected chi connectivity index (χ0v) is 17.7. The van der Waals surface area contributed by atoms with Gasteiger partial charge in [-0.3, -0.25) is 9.52 Å². The summed E-state index contributed by atoms with van der Waals surface area (Å²) in [5, 5.41) is 2.58. The third-order valence-electron chi connectivity index (χ3n) is 5.18. The molecule has 1 saturated carbocycles. The van der Waals surface area contributed by atoms with Crippen LogP contribution in [-0.4, -0.2) is 27.2 Å². The molecule has 0 radical (unpaired) electrons. The highest BCUT2D eigenvalue weighted by Crippen LogP contribution is 2.46. The van der Waals surface area contributed by atoms with Gasteiger partial charge in [-0.2, -0.15) is 0 Å². The SMILES string of the molecule is COc1ccc(NC(C)=O)cc1S(=O)(=O)Nc1ccc2c(c1)OC1(CCCCC1)O2. The van der Waals surface area contributed by atoms with E-state index in [1.165, 1.54) is 26.2 Å². The van der Waals surface area contributed by atoms with E-state index in [9.17, 15) is 13.2 Å². The van der Waals surface area contributed by atoms with Gasteiger partial charge < -0.3 is 19.5 Å². The fourth-order valence-electron chi connectivity index (χ4n) is 3.83. The molecule has 9 heteroatoms. The van der Waals surface area contributed by atoms with Crippen molar-refractivity contribution in [2.75, 3.05) is 17.1 Å². The Bertz CT molecular complexity index is 1080. The Morgan fingerprint density at radius 1 is 1.00 bits per heavy atom. The van der Waals surface area contributed by atoms with Crippen LogP contribution < -0.4 is 24.2 Å². The van der Waals surface area contributed by atoms with E-state index in [2.05, 4.69) is 10.0 Å². The fourth-order valence-corrected chi connectivity index (χ4v) is 5.08. The number of fused-ring (bicyclic) bond motifs is 1. The largest absolute Gasteiger partial charge is 0.495 e. The van der Waals surface area contributed by atoms with Gasteiger partial charge in [0.1, 0.15) is 10.6 Å². The number of ether oxygens (including phenoxy) is 3. The topological polar surface area (TPSA) is 103 Å². The first kappa shape index (κ1) is 20.3. The van der Waals surface area contributed by atoms with Crippen LogP contribution in [-0.2, 0) is 14.8 Å². The van der Waals surface area contributed by atoms with Gasteiger partial charge in [0.15, 0.2) is 11.5 Å². The zero-order valence-electron chi connectivity index (χ0n) is 16.9. The molecule has 0 saturated heterocycles. The quantitative estimate of drug-likeness (QED) is 0.743. The van der Waals surface area contributed by atoms with Crippen LogP contribution >= 0.6 is 0 Å². The number of hydrogen-bond donors (Lipinski definition) is 2. The Morgan fingerprint density at radius 2 is 1.70 bits per heavy atom. The molecule has 8 nitrogen and oxygen atoms in total. The Balaban J connectivity index is 1.59. The van der Waals surface area contributed by atoms with E-state index in [0.29, 0.717) is 22.9 Å². The van der Waals surface area contributed by atoms with E-state index in [-0.39, 0.29) is 16.6 Å². The zero-order chi connectivity index (χ0) is 21.4. The van der Waals surface area contributed by atoms with E-state index in [0.717, 1.165) is 32.1 Å². The van der Waals surface area contributed by atoms with Gasteiger partial charge in [-0.05, 0) is 43.2 Å². The highest BCUT2D eigenvalue weighted by molar-refractivity contribution is 7.92. The average molecular weight is 432 g/mol. The van der Waals surface area contributed by atoms with Crippen LogP contribution in [0.25, 0.3) is 0 Å². The Labute approximate surface area is 175 Å². The monoisotopic (exact) mass is 432 g/mol. The van der Waals surface area contributed by atoms with Gasteiger partial charge in [-0.25, -0.2) is 8.42 Å². The van der Waals surface area contributed by atoms with Crippen molar-refractivity contribution in [2.45, 2.75) is 49.7 Å². The maximum Gasteiger partial charge on any atom is 0.265 e. The standard InChI is InChI=1S/C21H24N2O6S/c1-14(24)22-15-6-9-18(27-2)20(13-15)30(25,26)23-16-7-8-17-19(12-16)29-21(28-17)10-4-3-5-11-21/h6-9,12-13,23H,3-5,10-11H2,1-2H3,(H,22,24). The van der Waals surface area contributed by atoms with Crippen molar-refractivity contribution in [3.05, 3.63) is 36.4 Å². The van der Waals surface area contributed by atoms with Crippen LogP contribution in [0.1, 0.15) is 39.0 Å². The number of benzene rings is 2. The summed E-state index contributed by atoms with van der Waals surface area (Å²) >= 11 is 0. The normalized spacial score (nSPS) is 16.9. The molecular formula is C21H24N2O6S. The summed E-state index contributed by atoms with van der Waals surface area (Å²) in [5.74, 6) is 0.372. The highest BCUT2D eigenvalue weighted by atomic mass is 32.2. The van der Waals surface area contributed by atoms with Crippen molar-refractivity contribution in [1.82, 2.24) is 0 Å². The Morgan fingerprint density at radius 3 is 2.40 bits per heavy atom. The number of carbonyl (C=O) groups excluding carboxylic acids is 1. The fraction of sp³-hybridized carbons (Fsp3) is 0.381. The summed E-state index contributed by atoms with van der Waals surface area (Å²) in [6, 6.07) is 9.38. The van der Waals surface area contributed by atoms with E-state index in [1.807, 2.05) is 0 Å². The van der Waals surface area contributed by atoms with Gasteiger partial charge in [0.2, 0.25) is 5.91 Å². The third kappa shape index (κ3) is 4.02. The van der Waals surface area contributed by atoms with Gasteiger partial charge in [0.25, 0.3) is 15.8 Å². The first-order chi connectivity index (χ1) is 14.3. The molecule has 2 aromatic rings. The second-order valence-corrected chi connectivity index (χ2v) is 9.14. The van der Waals surface area contributed by atoms with Crippen molar-refractivity contribution < 1.29 is 27.4 Å². The van der Waals surface area contributed by atoms with E-state index >= 15 is 0 Å². The van der Waals surface area contributed by atoms with Crippen LogP contribution in [0, 0.1) is 0 Å². The number of hydrogen-bond acceptors (Lipinski definition) is 6. The molecule has 0 bridgehead atoms. The van der Waals surface area contributed by atoms with Crippen LogP contribution in [0.5, 0.6) is 17.2 Å². The molecule has 2 aliphatic rings. The number of nitrogens with one attached hydrogen (secondary N) is 2. The smallest absolute Gasteiger partial charge is 0.265 e. The molecular weight excluding hydrogens is 408 g/mol. The van der Waals surface area contributed by atoms with Gasteiger partial charge in [-0.15, -0.1) is 0 Å². The molecule has 0 unspecified atom stereocenters. The predicted molar refractivity (Wildman–Crippen MR) is 112 cm³/mol. The van der Waals surface area contributed by atoms with Crippen molar-refractivity contribution in [2.24, 2.45) is 0 Å². The molecule has 1 aliphatic carbocycles. The van der Waals surface area contributed by atoms with Crippen LogP contribution in [0.4, 0.5) is 11.4 Å². The van der Waals surface area contributed by atoms with Crippen LogP contribution in [0.2, 0.25) is 0 Å². The van der Waals surface area contributed by atoms with Crippen LogP contribution in [0.3, 0.4) is 0 Å². The first-order valence-corrected chi connectivity index (χ1v) is 11.3. The third-order valence-corrected chi connectivity index (χ3v) is 6.58. The number of anilines is 2. The number of sulfonamides is 1. The van der Waals surface area contributed by atoms with Gasteiger partial charge in [0, 0.05) is 31.5 Å². The average Bonchev–Trinajstić information content (AvgIpc) is 3.04. The highest BCUT2D eigenvalue weighted by Gasteiger charge is 2.42. The lowest BCUT2D eigenvalue weighted by atomic mass is 9.94. The molecule has 1 heterocycles. The van der Waals surface area contributed by atoms with E-state index < -0.39 is 15.8 Å². The maximum atomic E-state index is 13.0. The minimum absolute atomic E-state index is 0.0855. The summed E-state index contributed by atoms with van der Waals surface area (Å²) in [7, 11) is -2.60. The minimum atomic E-state index is -3.99. The number of methoxy groups -OCH3 is 1. The van der Waals surface area contributed by atoms with Crippen molar-refractivity contribution in [1.29, 1.82) is 0 Å². The van der Waals surface area contributed by atoms with Gasteiger partial charge in [-0.1, -0.05) is 6.42 Å². The van der Waals surface area contributed by atoms with E-state index in [1.54, 1.807) is 24.3 Å². The summed E-state index contributed by atoms with van der Waals surface area (Å²) in [6.45, 7) is 1.35. The number of rotatable bonds is 5. The summed E-state index contributed by atoms with van der Waals surface area (Å²) in [4.78, 5) is 11.2. The molecule has 1 aliphatic heterocycles. The molecule has 1 spiro atoms. The second kappa shape index (κ2) is 7.71. The predicted octanol–water partition coefficient (Wildman–Crippen LogP) is 3.89. The van der Waals surface area contributed by atoms with Crippen molar-refractivity contribution in [3.8, 4) is 17.2 Å². The molecule has 2 aromatic carbocycles. The number of amides is 1. The molecule has 2 N–H and O–H groups in total. The van der Waals surface area contributed by atoms with E-state index in [4.69, 9.17) is 14.2 Å². The lowest BCUT2D eigenvalue weighted by Crippen LogP contribution is -2.40. The Kier molecular flexibility index (Phi) is 5.23. The minimum Gasteiger partial charge on any atom is -0.495 e. The Hall–Kier alpha value is -2.94. The lowest BCUT2D eigenvalue weighted by molar-refractivity contribution is -0.114. The lowest BCUT2D eigenvalue weighted by Gasteiger charge is -2.31. The number of carbonyl (C=O) groups is 1. The molecule has 4 rings (SSSR count). The van der Waals surface area contributed by atoms with Crippen molar-refractivity contribution in [3.63, 3.8) is 0 Å². The van der Waals surface area contributed by atoms with Crippen LogP contribution in [0.15, 0.2) is 41.3 Å². The molecule has 0 atom stereocenters. The molecule has 1 fully saturated rings. The maximum absolute atomic E-state index is 13.0. The molecule has 30 heavy (non-hydrogen) atoms. The van der Waals surface area contributed by atoms with Gasteiger partial charge >= 0.3 is 0 Å². The summed E-state index contributed by atoms with van der Waals surface area (Å²) in [5.41, 5.74) is 0.700. The summed E-state index contributed by atoms with van der Waals surface area (Å²) in [6.07, 6.45) is 4.87. The summed E-state index contributed by atoms with van der Waals surface area (Å²) < 4.78 is 45.9. The second-order valence-electron chi connectivity index (χ2n) is 7.49. The molecule has 1 amide bonds. The molecule has 160 valence electrons. The first-order valence-electron chi connectivity index (χ1n) is 9.81. The molecule has 0 aromatic heterocycles. The van der Waals surface area contributed by atoms with Crippen molar-refractivity contribution >= 4 is 27.3 Å². The van der Waals surface area contributed by atoms with Gasteiger partial charge in [0.05, 0.1) is 12.8 Å².